The molecule has 0 amide bonds. The molecule has 0 aromatic heterocycles. The maximum absolute atomic E-state index is 9.58. The normalized spacial score (nSPS) is 11.0. The standard InChI is InChI=1S/C16H16N2O4.Fe/c19-13-5-1-3-11(15(13)21)9-17-7-8-18-10-12-4-2-6-14(20)16(12)22;/h1-6,9-10,19-22H,7-8H2;/q;+2. The first-order chi connectivity index (χ1) is 10.6. The van der Waals surface area contributed by atoms with Crippen molar-refractivity contribution >= 4 is 12.4 Å². The van der Waals surface area contributed by atoms with Gasteiger partial charge in [-0.25, -0.2) is 0 Å². The largest absolute Gasteiger partial charge is 2.00 e. The molecule has 0 bridgehead atoms. The van der Waals surface area contributed by atoms with Crippen molar-refractivity contribution < 1.29 is 37.5 Å². The summed E-state index contributed by atoms with van der Waals surface area (Å²) in [5.74, 6) is -0.804. The number of aromatic hydroxyl groups is 4. The summed E-state index contributed by atoms with van der Waals surface area (Å²) in [7, 11) is 0. The molecule has 2 aromatic carbocycles. The fraction of sp³-hybridized carbons (Fsp3) is 0.125. The second-order valence-electron chi connectivity index (χ2n) is 4.50. The van der Waals surface area contributed by atoms with E-state index in [-0.39, 0.29) is 40.1 Å². The number of para-hydroxylation sites is 2. The van der Waals surface area contributed by atoms with Crippen molar-refractivity contribution in [1.82, 2.24) is 0 Å². The number of phenols is 4. The number of nitrogens with zero attached hydrogens (tertiary/aromatic N) is 2. The van der Waals surface area contributed by atoms with Crippen LogP contribution in [0.1, 0.15) is 11.1 Å². The number of hydrogen-bond donors (Lipinski definition) is 4. The van der Waals surface area contributed by atoms with Gasteiger partial charge in [-0.05, 0) is 24.3 Å². The van der Waals surface area contributed by atoms with Gasteiger partial charge in [-0.1, -0.05) is 12.1 Å². The summed E-state index contributed by atoms with van der Waals surface area (Å²) in [6, 6.07) is 9.26. The Morgan fingerprint density at radius 2 is 1.09 bits per heavy atom. The van der Waals surface area contributed by atoms with Crippen LogP contribution in [0.2, 0.25) is 0 Å². The minimum absolute atomic E-state index is 0. The first-order valence-electron chi connectivity index (χ1n) is 6.61. The smallest absolute Gasteiger partial charge is 0.504 e. The molecule has 23 heavy (non-hydrogen) atoms. The zero-order chi connectivity index (χ0) is 15.9. The Morgan fingerprint density at radius 1 is 0.696 bits per heavy atom. The molecule has 4 N–H and O–H groups in total. The van der Waals surface area contributed by atoms with E-state index in [0.29, 0.717) is 24.2 Å². The molecule has 6 nitrogen and oxygen atoms in total. The van der Waals surface area contributed by atoms with E-state index in [1.807, 2.05) is 0 Å². The van der Waals surface area contributed by atoms with Gasteiger partial charge in [0.2, 0.25) is 0 Å². The van der Waals surface area contributed by atoms with Crippen LogP contribution >= 0.6 is 0 Å². The molecule has 0 saturated carbocycles. The molecule has 0 saturated heterocycles. The van der Waals surface area contributed by atoms with Gasteiger partial charge in [0.05, 0.1) is 13.1 Å². The van der Waals surface area contributed by atoms with Crippen molar-refractivity contribution in [3.63, 3.8) is 0 Å². The van der Waals surface area contributed by atoms with Gasteiger partial charge in [0.25, 0.3) is 0 Å². The molecule has 0 aliphatic heterocycles. The first kappa shape index (κ1) is 18.5. The van der Waals surface area contributed by atoms with Crippen LogP contribution in [-0.2, 0) is 17.1 Å². The molecule has 0 aliphatic rings. The summed E-state index contributed by atoms with van der Waals surface area (Å²) in [6.45, 7) is 0.760. The number of benzene rings is 2. The van der Waals surface area contributed by atoms with E-state index in [1.54, 1.807) is 24.3 Å². The Labute approximate surface area is 144 Å². The molecule has 0 heterocycles. The summed E-state index contributed by atoms with van der Waals surface area (Å²) in [5, 5.41) is 37.8. The predicted octanol–water partition coefficient (Wildman–Crippen LogP) is 2.04. The van der Waals surface area contributed by atoms with Crippen molar-refractivity contribution in [2.45, 2.75) is 0 Å². The van der Waals surface area contributed by atoms with E-state index in [0.717, 1.165) is 0 Å². The molecular formula is C16H16FeN2O4+2. The molecule has 7 heteroatoms. The van der Waals surface area contributed by atoms with Crippen LogP contribution in [0.3, 0.4) is 0 Å². The van der Waals surface area contributed by atoms with Crippen LogP contribution in [-0.4, -0.2) is 45.9 Å². The number of phenolic OH excluding ortho intramolecular Hbond substituents is 4. The Hall–Kier alpha value is -2.50. The van der Waals surface area contributed by atoms with E-state index in [9.17, 15) is 20.4 Å². The van der Waals surface area contributed by atoms with Crippen LogP contribution in [0.25, 0.3) is 0 Å². The summed E-state index contributed by atoms with van der Waals surface area (Å²) in [5.41, 5.74) is 0.851. The third-order valence-corrected chi connectivity index (χ3v) is 2.91. The molecule has 0 fully saturated rings. The topological polar surface area (TPSA) is 106 Å². The van der Waals surface area contributed by atoms with E-state index in [4.69, 9.17) is 0 Å². The molecule has 2 aromatic rings. The maximum Gasteiger partial charge on any atom is 2.00 e. The van der Waals surface area contributed by atoms with Crippen molar-refractivity contribution in [3.8, 4) is 23.0 Å². The minimum Gasteiger partial charge on any atom is -0.504 e. The van der Waals surface area contributed by atoms with Crippen LogP contribution in [0, 0.1) is 0 Å². The van der Waals surface area contributed by atoms with Gasteiger partial charge >= 0.3 is 17.1 Å². The van der Waals surface area contributed by atoms with Gasteiger partial charge < -0.3 is 20.4 Å². The van der Waals surface area contributed by atoms with Gasteiger partial charge in [-0.2, -0.15) is 0 Å². The molecule has 0 spiro atoms. The Morgan fingerprint density at radius 3 is 1.48 bits per heavy atom. The third-order valence-electron chi connectivity index (χ3n) is 2.91. The maximum atomic E-state index is 9.58. The van der Waals surface area contributed by atoms with Crippen molar-refractivity contribution in [3.05, 3.63) is 47.5 Å². The van der Waals surface area contributed by atoms with Crippen LogP contribution in [0.5, 0.6) is 23.0 Å². The van der Waals surface area contributed by atoms with E-state index in [1.165, 1.54) is 24.6 Å². The molecule has 0 radical (unpaired) electrons. The van der Waals surface area contributed by atoms with E-state index < -0.39 is 0 Å². The van der Waals surface area contributed by atoms with E-state index >= 15 is 0 Å². The average Bonchev–Trinajstić information content (AvgIpc) is 2.51. The fourth-order valence-electron chi connectivity index (χ4n) is 1.75. The zero-order valence-corrected chi connectivity index (χ0v) is 13.2. The Bertz CT molecular complexity index is 656. The molecular weight excluding hydrogens is 340 g/mol. The Kier molecular flexibility index (Phi) is 7.12. The molecule has 0 atom stereocenters. The van der Waals surface area contributed by atoms with Crippen molar-refractivity contribution in [1.29, 1.82) is 0 Å². The van der Waals surface area contributed by atoms with Crippen molar-refractivity contribution in [2.75, 3.05) is 13.1 Å². The van der Waals surface area contributed by atoms with E-state index in [2.05, 4.69) is 9.98 Å². The second kappa shape index (κ2) is 8.82. The van der Waals surface area contributed by atoms with Crippen LogP contribution < -0.4 is 0 Å². The molecule has 120 valence electrons. The van der Waals surface area contributed by atoms with Crippen molar-refractivity contribution in [2.24, 2.45) is 9.98 Å². The Balaban J connectivity index is 0.00000264. The van der Waals surface area contributed by atoms with Crippen LogP contribution in [0.4, 0.5) is 0 Å². The zero-order valence-electron chi connectivity index (χ0n) is 12.1. The second-order valence-corrected chi connectivity index (χ2v) is 4.50. The van der Waals surface area contributed by atoms with Gasteiger partial charge in [-0.3, -0.25) is 9.98 Å². The quantitative estimate of drug-likeness (QED) is 0.285. The first-order valence-corrected chi connectivity index (χ1v) is 6.61. The third kappa shape index (κ3) is 5.02. The summed E-state index contributed by atoms with van der Waals surface area (Å²) < 4.78 is 0. The van der Waals surface area contributed by atoms with Crippen LogP contribution in [0.15, 0.2) is 46.4 Å². The SMILES string of the molecule is Oc1cccc(C=NCCN=Cc2cccc(O)c2O)c1O.[Fe+2]. The summed E-state index contributed by atoms with van der Waals surface area (Å²) in [4.78, 5) is 8.19. The summed E-state index contributed by atoms with van der Waals surface area (Å²) in [6.07, 6.45) is 2.91. The van der Waals surface area contributed by atoms with Gasteiger partial charge in [-0.15, -0.1) is 0 Å². The fourth-order valence-corrected chi connectivity index (χ4v) is 1.75. The van der Waals surface area contributed by atoms with Gasteiger partial charge in [0.15, 0.2) is 23.0 Å². The monoisotopic (exact) mass is 356 g/mol. The summed E-state index contributed by atoms with van der Waals surface area (Å²) >= 11 is 0. The molecule has 2 rings (SSSR count). The molecule has 0 aliphatic carbocycles. The average molecular weight is 356 g/mol. The predicted molar refractivity (Wildman–Crippen MR) is 84.5 cm³/mol. The van der Waals surface area contributed by atoms with Gasteiger partial charge in [0, 0.05) is 23.6 Å². The number of hydrogen-bond acceptors (Lipinski definition) is 6. The minimum atomic E-state index is -0.209. The molecule has 0 unspecified atom stereocenters. The number of aliphatic imine (C=N–C) groups is 2. The van der Waals surface area contributed by atoms with Gasteiger partial charge in [0.1, 0.15) is 0 Å². The number of rotatable bonds is 5.